The van der Waals surface area contributed by atoms with E-state index in [1.807, 2.05) is 32.0 Å². The molecule has 164 valence electrons. The Labute approximate surface area is 191 Å². The maximum Gasteiger partial charge on any atom is 0.301 e. The summed E-state index contributed by atoms with van der Waals surface area (Å²) in [5.41, 5.74) is 9.23. The van der Waals surface area contributed by atoms with Crippen LogP contribution in [0, 0.1) is 53.1 Å². The Morgan fingerprint density at radius 2 is 1.82 bits per heavy atom. The average Bonchev–Trinajstić information content (AvgIpc) is 3.61. The fourth-order valence-corrected chi connectivity index (χ4v) is 3.28. The zero-order valence-corrected chi connectivity index (χ0v) is 18.2. The molecule has 0 bridgehead atoms. The van der Waals surface area contributed by atoms with E-state index in [1.54, 1.807) is 24.3 Å². The van der Waals surface area contributed by atoms with Crippen LogP contribution in [0.4, 0.5) is 22.9 Å². The van der Waals surface area contributed by atoms with Gasteiger partial charge in [-0.25, -0.2) is 0 Å². The number of pyridine rings is 1. The highest BCUT2D eigenvalue weighted by molar-refractivity contribution is 5.77. The molecule has 0 amide bonds. The Hall–Kier alpha value is -4.56. The highest BCUT2D eigenvalue weighted by atomic mass is 16.6. The van der Waals surface area contributed by atoms with Crippen LogP contribution in [-0.2, 0) is 0 Å². The Kier molecular flexibility index (Phi) is 5.84. The summed E-state index contributed by atoms with van der Waals surface area (Å²) in [7, 11) is 0. The Morgan fingerprint density at radius 3 is 2.39 bits per heavy atom. The third kappa shape index (κ3) is 5.03. The van der Waals surface area contributed by atoms with Crippen LogP contribution in [0.2, 0.25) is 0 Å². The van der Waals surface area contributed by atoms with E-state index in [4.69, 9.17) is 15.7 Å². The molecule has 8 nitrogen and oxygen atoms in total. The first-order valence-corrected chi connectivity index (χ1v) is 10.4. The number of rotatable bonds is 5. The van der Waals surface area contributed by atoms with Crippen molar-refractivity contribution >= 4 is 22.9 Å². The number of aromatic nitrogens is 1. The average molecular weight is 439 g/mol. The van der Waals surface area contributed by atoms with Crippen molar-refractivity contribution in [1.82, 2.24) is 4.98 Å². The lowest BCUT2D eigenvalue weighted by molar-refractivity contribution is -0.383. The molecule has 1 aliphatic carbocycles. The molecule has 0 unspecified atom stereocenters. The first-order chi connectivity index (χ1) is 15.8. The van der Waals surface area contributed by atoms with Crippen LogP contribution in [0.25, 0.3) is 0 Å². The number of nitro groups is 1. The molecule has 0 atom stereocenters. The zero-order chi connectivity index (χ0) is 23.5. The van der Waals surface area contributed by atoms with Gasteiger partial charge in [0.25, 0.3) is 0 Å². The molecule has 1 aliphatic rings. The lowest BCUT2D eigenvalue weighted by Gasteiger charge is -2.14. The van der Waals surface area contributed by atoms with Crippen molar-refractivity contribution in [2.45, 2.75) is 26.7 Å². The number of nitrogens with one attached hydrogen (secondary N) is 1. The van der Waals surface area contributed by atoms with Gasteiger partial charge in [0.2, 0.25) is 5.88 Å². The number of nitriles is 1. The van der Waals surface area contributed by atoms with Gasteiger partial charge in [0.15, 0.2) is 11.5 Å². The highest BCUT2D eigenvalue weighted by Gasteiger charge is 2.21. The smallest absolute Gasteiger partial charge is 0.301 e. The summed E-state index contributed by atoms with van der Waals surface area (Å²) >= 11 is 0. The van der Waals surface area contributed by atoms with Gasteiger partial charge in [0.1, 0.15) is 5.75 Å². The van der Waals surface area contributed by atoms with Crippen LogP contribution < -0.4 is 15.8 Å². The van der Waals surface area contributed by atoms with Crippen LogP contribution in [0.3, 0.4) is 0 Å². The van der Waals surface area contributed by atoms with Gasteiger partial charge in [-0.05, 0) is 74.2 Å². The lowest BCUT2D eigenvalue weighted by Crippen LogP contribution is -2.05. The fourth-order valence-electron chi connectivity index (χ4n) is 3.28. The Bertz CT molecular complexity index is 1320. The van der Waals surface area contributed by atoms with E-state index < -0.39 is 4.92 Å². The van der Waals surface area contributed by atoms with Crippen LogP contribution in [0.1, 0.15) is 35.1 Å². The standard InChI is InChI=1S/C25H21N5O3/c1-15-11-19(6-5-17-3-4-17)12-16(2)24(15)33-22-13-21(30(31)32)23(27)25(29-22)28-20-9-7-18(14-26)8-10-20/h7-13,17H,3-4,27H2,1-2H3,(H,28,29). The van der Waals surface area contributed by atoms with E-state index in [1.165, 1.54) is 6.07 Å². The molecular formula is C25H21N5O3. The zero-order valence-electron chi connectivity index (χ0n) is 18.2. The number of nitrogens with zero attached hydrogens (tertiary/aromatic N) is 3. The molecule has 0 saturated heterocycles. The summed E-state index contributed by atoms with van der Waals surface area (Å²) in [5, 5.41) is 23.5. The second-order valence-electron chi connectivity index (χ2n) is 7.90. The number of benzene rings is 2. The van der Waals surface area contributed by atoms with Crippen molar-refractivity contribution < 1.29 is 9.66 Å². The largest absolute Gasteiger partial charge is 0.438 e. The molecule has 1 aromatic heterocycles. The summed E-state index contributed by atoms with van der Waals surface area (Å²) in [6.07, 6.45) is 2.32. The first-order valence-electron chi connectivity index (χ1n) is 10.4. The number of aryl methyl sites for hydroxylation is 2. The molecule has 1 saturated carbocycles. The van der Waals surface area contributed by atoms with Gasteiger partial charge in [-0.1, -0.05) is 11.8 Å². The van der Waals surface area contributed by atoms with Crippen molar-refractivity contribution in [2.24, 2.45) is 5.92 Å². The quantitative estimate of drug-likeness (QED) is 0.311. The van der Waals surface area contributed by atoms with Crippen LogP contribution in [0.5, 0.6) is 11.6 Å². The number of ether oxygens (including phenoxy) is 1. The topological polar surface area (TPSA) is 127 Å². The second kappa shape index (κ2) is 8.89. The van der Waals surface area contributed by atoms with Crippen molar-refractivity contribution in [3.63, 3.8) is 0 Å². The van der Waals surface area contributed by atoms with Gasteiger partial charge in [0, 0.05) is 17.2 Å². The van der Waals surface area contributed by atoms with Gasteiger partial charge in [-0.3, -0.25) is 10.1 Å². The molecule has 1 fully saturated rings. The van der Waals surface area contributed by atoms with E-state index in [9.17, 15) is 10.1 Å². The van der Waals surface area contributed by atoms with Gasteiger partial charge in [-0.15, -0.1) is 0 Å². The maximum absolute atomic E-state index is 11.6. The number of hydrogen-bond donors (Lipinski definition) is 2. The van der Waals surface area contributed by atoms with E-state index in [-0.39, 0.29) is 23.1 Å². The van der Waals surface area contributed by atoms with E-state index in [0.29, 0.717) is 22.9 Å². The molecular weight excluding hydrogens is 418 g/mol. The van der Waals surface area contributed by atoms with Gasteiger partial charge < -0.3 is 15.8 Å². The van der Waals surface area contributed by atoms with Gasteiger partial charge >= 0.3 is 5.69 Å². The maximum atomic E-state index is 11.6. The van der Waals surface area contributed by atoms with Gasteiger partial charge in [-0.2, -0.15) is 10.2 Å². The summed E-state index contributed by atoms with van der Waals surface area (Å²) < 4.78 is 5.99. The summed E-state index contributed by atoms with van der Waals surface area (Å²) in [6.45, 7) is 3.79. The Balaban J connectivity index is 1.66. The SMILES string of the molecule is Cc1cc(C#CC2CC2)cc(C)c1Oc1cc([N+](=O)[O-])c(N)c(Nc2ccc(C#N)cc2)n1. The minimum atomic E-state index is -0.579. The van der Waals surface area contributed by atoms with E-state index >= 15 is 0 Å². The summed E-state index contributed by atoms with van der Waals surface area (Å²) in [5.74, 6) is 7.63. The van der Waals surface area contributed by atoms with Crippen molar-refractivity contribution in [2.75, 3.05) is 11.1 Å². The molecule has 1 heterocycles. The van der Waals surface area contributed by atoms with Crippen LogP contribution >= 0.6 is 0 Å². The lowest BCUT2D eigenvalue weighted by atomic mass is 10.1. The van der Waals surface area contributed by atoms with Crippen molar-refractivity contribution in [3.05, 3.63) is 74.8 Å². The van der Waals surface area contributed by atoms with Crippen molar-refractivity contribution in [3.8, 4) is 29.5 Å². The van der Waals surface area contributed by atoms with Crippen molar-refractivity contribution in [1.29, 1.82) is 5.26 Å². The summed E-state index contributed by atoms with van der Waals surface area (Å²) in [4.78, 5) is 15.4. The molecule has 0 radical (unpaired) electrons. The third-order valence-corrected chi connectivity index (χ3v) is 5.15. The predicted octanol–water partition coefficient (Wildman–Crippen LogP) is 5.36. The van der Waals surface area contributed by atoms with Gasteiger partial charge in [0.05, 0.1) is 22.6 Å². The molecule has 33 heavy (non-hydrogen) atoms. The molecule has 2 aromatic carbocycles. The summed E-state index contributed by atoms with van der Waals surface area (Å²) in [6, 6.07) is 13.7. The first kappa shape index (κ1) is 21.7. The highest BCUT2D eigenvalue weighted by Crippen LogP contribution is 2.37. The van der Waals surface area contributed by atoms with Crippen LogP contribution in [0.15, 0.2) is 42.5 Å². The third-order valence-electron chi connectivity index (χ3n) is 5.15. The van der Waals surface area contributed by atoms with E-state index in [2.05, 4.69) is 22.1 Å². The number of hydrogen-bond acceptors (Lipinski definition) is 7. The van der Waals surface area contributed by atoms with Crippen LogP contribution in [-0.4, -0.2) is 9.91 Å². The minimum absolute atomic E-state index is 0.0371. The molecule has 3 N–H and O–H groups in total. The molecule has 4 rings (SSSR count). The normalized spacial score (nSPS) is 12.3. The number of nitrogen functional groups attached to an aromatic ring is 1. The molecule has 0 spiro atoms. The second-order valence-corrected chi connectivity index (χ2v) is 7.90. The number of anilines is 3. The predicted molar refractivity (Wildman–Crippen MR) is 125 cm³/mol. The monoisotopic (exact) mass is 439 g/mol. The Morgan fingerprint density at radius 1 is 1.15 bits per heavy atom. The molecule has 8 heteroatoms. The molecule has 0 aliphatic heterocycles. The van der Waals surface area contributed by atoms with E-state index in [0.717, 1.165) is 29.5 Å². The minimum Gasteiger partial charge on any atom is -0.438 e. The fraction of sp³-hybridized carbons (Fsp3) is 0.200. The molecule has 3 aromatic rings. The number of nitrogens with two attached hydrogens (primary N) is 1.